The molecule has 0 fully saturated rings. The molecule has 0 aliphatic heterocycles. The molecule has 0 saturated carbocycles. The molecule has 0 amide bonds. The van der Waals surface area contributed by atoms with Crippen molar-refractivity contribution in [1.29, 1.82) is 0 Å². The Hall–Kier alpha value is 0.0201. The summed E-state index contributed by atoms with van der Waals surface area (Å²) in [6, 6.07) is 17.0. The van der Waals surface area contributed by atoms with E-state index in [1.807, 2.05) is 0 Å². The van der Waals surface area contributed by atoms with Gasteiger partial charge in [0.1, 0.15) is 0 Å². The molecule has 0 heterocycles. The molecule has 0 aliphatic rings. The van der Waals surface area contributed by atoms with Crippen molar-refractivity contribution in [3.05, 3.63) is 59.7 Å². The van der Waals surface area contributed by atoms with E-state index in [9.17, 15) is 0 Å². The first kappa shape index (κ1) is 28.8. The van der Waals surface area contributed by atoms with Crippen LogP contribution in [0.5, 0.6) is 0 Å². The van der Waals surface area contributed by atoms with Gasteiger partial charge in [-0.2, -0.15) is 35.4 Å². The molecule has 0 nitrogen and oxygen atoms in total. The first-order chi connectivity index (χ1) is 9.94. The molecule has 0 spiro atoms. The van der Waals surface area contributed by atoms with Gasteiger partial charge in [-0.3, -0.25) is 0 Å². The monoisotopic (exact) mass is 534 g/mol. The smallest absolute Gasteiger partial charge is 1.00 e. The van der Waals surface area contributed by atoms with Crippen LogP contribution in [0.15, 0.2) is 48.5 Å². The SMILES string of the molecule is CC(C)(C)[c-]1cccc1.CC(C)(C)[c-]1cccc1.C[C](C)=[Hf+2].[Cl-].[Cl-]. The maximum atomic E-state index is 2.22. The quantitative estimate of drug-likeness (QED) is 0.334. The van der Waals surface area contributed by atoms with Crippen LogP contribution in [-0.4, -0.2) is 3.26 Å². The van der Waals surface area contributed by atoms with Crippen molar-refractivity contribution in [3.63, 3.8) is 0 Å². The zero-order valence-corrected chi connectivity index (χ0v) is 21.5. The van der Waals surface area contributed by atoms with E-state index in [0.29, 0.717) is 10.8 Å². The van der Waals surface area contributed by atoms with Crippen LogP contribution in [0.1, 0.15) is 66.5 Å². The van der Waals surface area contributed by atoms with Gasteiger partial charge in [-0.1, -0.05) is 52.4 Å². The second-order valence-electron chi connectivity index (χ2n) is 7.85. The Morgan fingerprint density at radius 2 is 0.792 bits per heavy atom. The molecule has 2 aromatic rings. The van der Waals surface area contributed by atoms with Crippen molar-refractivity contribution in [3.8, 4) is 0 Å². The van der Waals surface area contributed by atoms with Gasteiger partial charge < -0.3 is 24.8 Å². The topological polar surface area (TPSA) is 0 Å². The Morgan fingerprint density at radius 3 is 0.875 bits per heavy atom. The van der Waals surface area contributed by atoms with E-state index in [-0.39, 0.29) is 24.8 Å². The van der Waals surface area contributed by atoms with Crippen LogP contribution in [0.4, 0.5) is 0 Å². The molecule has 0 radical (unpaired) electrons. The average molecular weight is 534 g/mol. The summed E-state index contributed by atoms with van der Waals surface area (Å²) in [7, 11) is 0. The molecule has 0 saturated heterocycles. The first-order valence-corrected chi connectivity index (χ1v) is 9.70. The Bertz CT molecular complexity index is 461. The second kappa shape index (κ2) is 13.3. The Kier molecular flexibility index (Phi) is 15.9. The summed E-state index contributed by atoms with van der Waals surface area (Å²) < 4.78 is 1.56. The van der Waals surface area contributed by atoms with E-state index in [4.69, 9.17) is 0 Å². The number of hydrogen-bond donors (Lipinski definition) is 0. The molecule has 0 unspecified atom stereocenters. The summed E-state index contributed by atoms with van der Waals surface area (Å²) in [6.45, 7) is 17.6. The van der Waals surface area contributed by atoms with Gasteiger partial charge in [0.15, 0.2) is 0 Å². The summed E-state index contributed by atoms with van der Waals surface area (Å²) >= 11 is 1.27. The Morgan fingerprint density at radius 1 is 0.625 bits per heavy atom. The third kappa shape index (κ3) is 14.4. The van der Waals surface area contributed by atoms with Crippen molar-refractivity contribution >= 4 is 3.26 Å². The van der Waals surface area contributed by atoms with Crippen LogP contribution in [0.3, 0.4) is 0 Å². The fraction of sp³-hybridized carbons (Fsp3) is 0.476. The van der Waals surface area contributed by atoms with E-state index in [1.54, 1.807) is 3.26 Å². The molecular weight excluding hydrogens is 502 g/mol. The third-order valence-corrected chi connectivity index (χ3v) is 3.06. The van der Waals surface area contributed by atoms with Crippen molar-refractivity contribution in [2.45, 2.75) is 66.2 Å². The molecule has 2 aromatic carbocycles. The van der Waals surface area contributed by atoms with E-state index in [1.165, 1.54) is 35.0 Å². The van der Waals surface area contributed by atoms with E-state index >= 15 is 0 Å². The zero-order valence-electron chi connectivity index (χ0n) is 16.4. The van der Waals surface area contributed by atoms with Gasteiger partial charge in [-0.05, 0) is 0 Å². The van der Waals surface area contributed by atoms with Crippen LogP contribution < -0.4 is 24.8 Å². The second-order valence-corrected chi connectivity index (χ2v) is 11.4. The predicted octanol–water partition coefficient (Wildman–Crippen LogP) is 0.159. The maximum absolute atomic E-state index is 2.22. The summed E-state index contributed by atoms with van der Waals surface area (Å²) in [5, 5.41) is 0. The molecule has 0 atom stereocenters. The minimum absolute atomic E-state index is 0. The molecule has 0 aliphatic carbocycles. The van der Waals surface area contributed by atoms with Crippen molar-refractivity contribution in [2.75, 3.05) is 0 Å². The van der Waals surface area contributed by atoms with Crippen molar-refractivity contribution < 1.29 is 48.7 Å². The number of halogens is 2. The molecule has 0 aromatic heterocycles. The summed E-state index contributed by atoms with van der Waals surface area (Å²) in [6.07, 6.45) is 0. The number of rotatable bonds is 0. The normalized spacial score (nSPS) is 10.1. The Labute approximate surface area is 177 Å². The summed E-state index contributed by atoms with van der Waals surface area (Å²) in [5.41, 5.74) is 3.48. The molecule has 0 N–H and O–H groups in total. The van der Waals surface area contributed by atoms with E-state index < -0.39 is 0 Å². The number of hydrogen-bond acceptors (Lipinski definition) is 0. The molecule has 136 valence electrons. The van der Waals surface area contributed by atoms with Gasteiger partial charge in [0.2, 0.25) is 0 Å². The maximum Gasteiger partial charge on any atom is -1.00 e. The van der Waals surface area contributed by atoms with Gasteiger partial charge in [-0.25, -0.2) is 24.3 Å². The van der Waals surface area contributed by atoms with Crippen LogP contribution in [0, 0.1) is 0 Å². The fourth-order valence-electron chi connectivity index (χ4n) is 1.75. The standard InChI is InChI=1S/2C9H13.C3H6.2ClH.Hf/c2*1-9(2,3)8-6-4-5-7-8;1-3-2;;;/h2*4-7H,1-3H3;1-2H3;2*1H;/q2*-1;;;;+2/p-2. The van der Waals surface area contributed by atoms with Gasteiger partial charge in [0.05, 0.1) is 0 Å². The molecule has 2 rings (SSSR count). The summed E-state index contributed by atoms with van der Waals surface area (Å²) in [4.78, 5) is 0. The first-order valence-electron chi connectivity index (χ1n) is 7.90. The van der Waals surface area contributed by atoms with Gasteiger partial charge in [0.25, 0.3) is 0 Å². The molecular formula is C21H32Cl2Hf-2. The fourth-order valence-corrected chi connectivity index (χ4v) is 1.75. The zero-order chi connectivity index (χ0) is 17.4. The minimum Gasteiger partial charge on any atom is -1.00 e. The van der Waals surface area contributed by atoms with Crippen LogP contribution in [0.2, 0.25) is 0 Å². The predicted molar refractivity (Wildman–Crippen MR) is 97.8 cm³/mol. The minimum atomic E-state index is 0. The molecule has 3 heteroatoms. The van der Waals surface area contributed by atoms with Gasteiger partial charge in [-0.15, -0.1) is 0 Å². The summed E-state index contributed by atoms with van der Waals surface area (Å²) in [5.74, 6) is 0. The van der Waals surface area contributed by atoms with Crippen LogP contribution in [-0.2, 0) is 34.7 Å². The average Bonchev–Trinajstić information content (AvgIpc) is 3.02. The van der Waals surface area contributed by atoms with Gasteiger partial charge in [0, 0.05) is 0 Å². The largest absolute Gasteiger partial charge is 1.00 e. The third-order valence-electron chi connectivity index (χ3n) is 3.06. The van der Waals surface area contributed by atoms with Crippen LogP contribution >= 0.6 is 0 Å². The molecule has 24 heavy (non-hydrogen) atoms. The Balaban J connectivity index is -0.000000283. The van der Waals surface area contributed by atoms with Gasteiger partial charge >= 0.3 is 41.0 Å². The van der Waals surface area contributed by atoms with E-state index in [2.05, 4.69) is 104 Å². The van der Waals surface area contributed by atoms with Crippen molar-refractivity contribution in [2.24, 2.45) is 0 Å². The van der Waals surface area contributed by atoms with Crippen LogP contribution in [0.25, 0.3) is 0 Å². The van der Waals surface area contributed by atoms with E-state index in [0.717, 1.165) is 0 Å². The molecule has 0 bridgehead atoms. The van der Waals surface area contributed by atoms with Crippen molar-refractivity contribution in [1.82, 2.24) is 0 Å².